The second kappa shape index (κ2) is 3.40. The van der Waals surface area contributed by atoms with Gasteiger partial charge in [-0.15, -0.1) is 0 Å². The lowest BCUT2D eigenvalue weighted by atomic mass is 9.64. The van der Waals surface area contributed by atoms with E-state index in [-0.39, 0.29) is 17.2 Å². The van der Waals surface area contributed by atoms with E-state index >= 15 is 0 Å². The van der Waals surface area contributed by atoms with E-state index in [0.717, 1.165) is 19.3 Å². The first-order valence-corrected chi connectivity index (χ1v) is 5.82. The number of hydrogen-bond acceptors (Lipinski definition) is 2. The highest BCUT2D eigenvalue weighted by atomic mass is 32.1. The Morgan fingerprint density at radius 3 is 2.14 bits per heavy atom. The highest BCUT2D eigenvalue weighted by molar-refractivity contribution is 7.81. The van der Waals surface area contributed by atoms with Crippen LogP contribution in [0.5, 0.6) is 0 Å². The lowest BCUT2D eigenvalue weighted by Gasteiger charge is -2.49. The second-order valence-corrected chi connectivity index (χ2v) is 4.95. The van der Waals surface area contributed by atoms with Crippen LogP contribution in [0.3, 0.4) is 0 Å². The Labute approximate surface area is 89.0 Å². The summed E-state index contributed by atoms with van der Waals surface area (Å²) >= 11 is 3.93. The van der Waals surface area contributed by atoms with E-state index in [1.807, 2.05) is 0 Å². The summed E-state index contributed by atoms with van der Waals surface area (Å²) in [5.41, 5.74) is -1.03. The quantitative estimate of drug-likeness (QED) is 0.679. The van der Waals surface area contributed by atoms with E-state index < -0.39 is 5.67 Å². The molecule has 0 atom stereocenters. The van der Waals surface area contributed by atoms with Crippen LogP contribution in [-0.4, -0.2) is 22.9 Å². The molecule has 3 rings (SSSR count). The predicted molar refractivity (Wildman–Crippen MR) is 56.3 cm³/mol. The summed E-state index contributed by atoms with van der Waals surface area (Å²) in [7, 11) is 0. The molecule has 1 amide bonds. The van der Waals surface area contributed by atoms with E-state index in [1.165, 1.54) is 0 Å². The third kappa shape index (κ3) is 1.76. The number of hydrogen-bond donors (Lipinski definition) is 2. The molecule has 0 aromatic carbocycles. The lowest BCUT2D eigenvalue weighted by molar-refractivity contribution is -0.123. The Morgan fingerprint density at radius 1 is 1.21 bits per heavy atom. The molecule has 3 aliphatic rings. The fourth-order valence-electron chi connectivity index (χ4n) is 2.66. The van der Waals surface area contributed by atoms with Gasteiger partial charge < -0.3 is 5.32 Å². The molecule has 0 heterocycles. The van der Waals surface area contributed by atoms with Crippen molar-refractivity contribution in [3.8, 4) is 0 Å². The van der Waals surface area contributed by atoms with E-state index in [2.05, 4.69) is 17.9 Å². The summed E-state index contributed by atoms with van der Waals surface area (Å²) in [6, 6.07) is 0. The average molecular weight is 217 g/mol. The molecule has 3 saturated carbocycles. The Kier molecular flexibility index (Phi) is 2.50. The van der Waals surface area contributed by atoms with Gasteiger partial charge >= 0.3 is 0 Å². The topological polar surface area (TPSA) is 29.1 Å². The number of carbonyl (C=O) groups excluding carboxylic acids is 1. The molecule has 0 radical (unpaired) electrons. The predicted octanol–water partition coefficient (Wildman–Crippen LogP) is 1.85. The number of nitrogens with one attached hydrogen (secondary N) is 1. The summed E-state index contributed by atoms with van der Waals surface area (Å²) < 4.78 is 13.8. The van der Waals surface area contributed by atoms with Gasteiger partial charge in [0.1, 0.15) is 5.67 Å². The summed E-state index contributed by atoms with van der Waals surface area (Å²) in [6.45, 7) is 0. The SMILES string of the molecule is O=C(CS)NC12CCC(F)(CC1)CC2. The minimum absolute atomic E-state index is 0.0263. The van der Waals surface area contributed by atoms with Crippen molar-refractivity contribution in [3.05, 3.63) is 0 Å². The second-order valence-electron chi connectivity index (χ2n) is 4.64. The molecule has 0 saturated heterocycles. The van der Waals surface area contributed by atoms with Gasteiger partial charge in [-0.25, -0.2) is 4.39 Å². The fourth-order valence-corrected chi connectivity index (χ4v) is 2.74. The first-order chi connectivity index (χ1) is 6.58. The minimum atomic E-state index is -0.923. The van der Waals surface area contributed by atoms with Crippen LogP contribution in [0, 0.1) is 0 Å². The maximum Gasteiger partial charge on any atom is 0.230 e. The number of thiol groups is 1. The molecule has 80 valence electrons. The molecular formula is C10H16FNOS. The van der Waals surface area contributed by atoms with Gasteiger partial charge in [-0.1, -0.05) is 0 Å². The molecule has 2 nitrogen and oxygen atoms in total. The van der Waals surface area contributed by atoms with Gasteiger partial charge in [-0.2, -0.15) is 12.6 Å². The third-order valence-electron chi connectivity index (χ3n) is 3.70. The van der Waals surface area contributed by atoms with E-state index in [0.29, 0.717) is 19.3 Å². The largest absolute Gasteiger partial charge is 0.350 e. The first kappa shape index (κ1) is 10.3. The standard InChI is InChI=1S/C10H16FNOS/c11-9-1-4-10(5-2-9,6-3-9)12-8(13)7-14/h14H,1-7H2,(H,12,13). The Balaban J connectivity index is 2.01. The van der Waals surface area contributed by atoms with E-state index in [4.69, 9.17) is 0 Å². The van der Waals surface area contributed by atoms with Gasteiger partial charge in [0.25, 0.3) is 0 Å². The van der Waals surface area contributed by atoms with Crippen LogP contribution in [0.1, 0.15) is 38.5 Å². The van der Waals surface area contributed by atoms with Crippen LogP contribution in [0.15, 0.2) is 0 Å². The lowest BCUT2D eigenvalue weighted by Crippen LogP contribution is -2.57. The maximum atomic E-state index is 13.8. The van der Waals surface area contributed by atoms with Gasteiger partial charge in [0.15, 0.2) is 0 Å². The minimum Gasteiger partial charge on any atom is -0.350 e. The molecule has 0 aliphatic heterocycles. The molecule has 4 heteroatoms. The zero-order valence-electron chi connectivity index (χ0n) is 8.18. The number of amides is 1. The summed E-state index contributed by atoms with van der Waals surface area (Å²) in [5.74, 6) is 0.198. The van der Waals surface area contributed by atoms with Gasteiger partial charge in [0.05, 0.1) is 5.75 Å². The Bertz CT molecular complexity index is 232. The van der Waals surface area contributed by atoms with Crippen molar-refractivity contribution < 1.29 is 9.18 Å². The number of alkyl halides is 1. The van der Waals surface area contributed by atoms with E-state index in [9.17, 15) is 9.18 Å². The number of rotatable bonds is 2. The van der Waals surface area contributed by atoms with Gasteiger partial charge in [-0.05, 0) is 38.5 Å². The molecule has 2 bridgehead atoms. The highest BCUT2D eigenvalue weighted by Gasteiger charge is 2.49. The molecule has 3 aliphatic carbocycles. The van der Waals surface area contributed by atoms with Crippen molar-refractivity contribution >= 4 is 18.5 Å². The molecule has 0 spiro atoms. The molecule has 1 N–H and O–H groups in total. The first-order valence-electron chi connectivity index (χ1n) is 5.18. The van der Waals surface area contributed by atoms with Crippen LogP contribution in [-0.2, 0) is 4.79 Å². The zero-order chi connectivity index (χ0) is 10.2. The average Bonchev–Trinajstić information content (AvgIpc) is 2.20. The van der Waals surface area contributed by atoms with Crippen molar-refractivity contribution in [2.24, 2.45) is 0 Å². The van der Waals surface area contributed by atoms with Crippen LogP contribution in [0.2, 0.25) is 0 Å². The third-order valence-corrected chi connectivity index (χ3v) is 3.99. The van der Waals surface area contributed by atoms with Crippen molar-refractivity contribution in [1.82, 2.24) is 5.32 Å². The van der Waals surface area contributed by atoms with Crippen LogP contribution in [0.25, 0.3) is 0 Å². The van der Waals surface area contributed by atoms with Crippen molar-refractivity contribution in [3.63, 3.8) is 0 Å². The number of fused-ring (bicyclic) bond motifs is 3. The Hall–Kier alpha value is -0.250. The van der Waals surface area contributed by atoms with Gasteiger partial charge in [0, 0.05) is 5.54 Å². The smallest absolute Gasteiger partial charge is 0.230 e. The highest BCUT2D eigenvalue weighted by Crippen LogP contribution is 2.48. The monoisotopic (exact) mass is 217 g/mol. The van der Waals surface area contributed by atoms with Crippen LogP contribution in [0.4, 0.5) is 4.39 Å². The molecular weight excluding hydrogens is 201 g/mol. The van der Waals surface area contributed by atoms with Crippen molar-refractivity contribution in [1.29, 1.82) is 0 Å². The van der Waals surface area contributed by atoms with Crippen LogP contribution < -0.4 is 5.32 Å². The van der Waals surface area contributed by atoms with Crippen molar-refractivity contribution in [2.45, 2.75) is 49.7 Å². The normalized spacial score (nSPS) is 41.0. The van der Waals surface area contributed by atoms with E-state index in [1.54, 1.807) is 0 Å². The summed E-state index contributed by atoms with van der Waals surface area (Å²) in [6.07, 6.45) is 4.22. The number of carbonyl (C=O) groups is 1. The molecule has 3 fully saturated rings. The van der Waals surface area contributed by atoms with Gasteiger partial charge in [0.2, 0.25) is 5.91 Å². The zero-order valence-corrected chi connectivity index (χ0v) is 9.08. The molecule has 14 heavy (non-hydrogen) atoms. The fraction of sp³-hybridized carbons (Fsp3) is 0.900. The summed E-state index contributed by atoms with van der Waals surface area (Å²) in [4.78, 5) is 11.3. The Morgan fingerprint density at radius 2 is 1.71 bits per heavy atom. The maximum absolute atomic E-state index is 13.8. The molecule has 0 unspecified atom stereocenters. The summed E-state index contributed by atoms with van der Waals surface area (Å²) in [5, 5.41) is 3.00. The van der Waals surface area contributed by atoms with Gasteiger partial charge in [-0.3, -0.25) is 4.79 Å². The van der Waals surface area contributed by atoms with Crippen LogP contribution >= 0.6 is 12.6 Å². The molecule has 0 aromatic rings. The number of halogens is 1. The van der Waals surface area contributed by atoms with Crippen molar-refractivity contribution in [2.75, 3.05) is 5.75 Å². The molecule has 0 aromatic heterocycles.